The van der Waals surface area contributed by atoms with Crippen LogP contribution < -0.4 is 5.32 Å². The molecule has 2 aliphatic rings. The summed E-state index contributed by atoms with van der Waals surface area (Å²) in [5.74, 6) is -1.85. The van der Waals surface area contributed by atoms with Crippen LogP contribution in [0.3, 0.4) is 0 Å². The molecule has 0 bridgehead atoms. The maximum Gasteiger partial charge on any atom is 0.471 e. The smallest absolute Gasteiger partial charge is 0.465 e. The Bertz CT molecular complexity index is 787. The van der Waals surface area contributed by atoms with Gasteiger partial charge in [0.15, 0.2) is 0 Å². The topological polar surface area (TPSA) is 69.6 Å². The molecule has 0 spiro atoms. The highest BCUT2D eigenvalue weighted by molar-refractivity contribution is 5.83. The van der Waals surface area contributed by atoms with Gasteiger partial charge in [0.2, 0.25) is 0 Å². The molecule has 2 atom stereocenters. The summed E-state index contributed by atoms with van der Waals surface area (Å²) in [6, 6.07) is 8.37. The van der Waals surface area contributed by atoms with Gasteiger partial charge in [-0.2, -0.15) is 13.2 Å². The minimum atomic E-state index is -4.92. The molecule has 2 unspecified atom stereocenters. The quantitative estimate of drug-likeness (QED) is 0.687. The Balaban J connectivity index is 1.75. The van der Waals surface area contributed by atoms with E-state index >= 15 is 0 Å². The van der Waals surface area contributed by atoms with Crippen LogP contribution in [0.2, 0.25) is 0 Å². The third-order valence-corrected chi connectivity index (χ3v) is 6.04. The van der Waals surface area contributed by atoms with Crippen molar-refractivity contribution >= 4 is 18.1 Å². The molecule has 0 saturated heterocycles. The first-order valence-electron chi connectivity index (χ1n) is 10.3. The van der Waals surface area contributed by atoms with E-state index in [-0.39, 0.29) is 12.0 Å². The first-order valence-corrected chi connectivity index (χ1v) is 10.3. The molecule has 0 heterocycles. The average molecular weight is 424 g/mol. The Morgan fingerprint density at radius 2 is 1.80 bits per heavy atom. The lowest BCUT2D eigenvalue weighted by Gasteiger charge is -2.37. The fourth-order valence-corrected chi connectivity index (χ4v) is 4.53. The van der Waals surface area contributed by atoms with Crippen LogP contribution in [-0.2, 0) is 4.79 Å². The van der Waals surface area contributed by atoms with E-state index in [1.807, 2.05) is 43.3 Å². The highest BCUT2D eigenvalue weighted by atomic mass is 19.4. The molecule has 3 rings (SSSR count). The van der Waals surface area contributed by atoms with Crippen molar-refractivity contribution in [3.63, 3.8) is 0 Å². The van der Waals surface area contributed by atoms with Crippen LogP contribution in [0.5, 0.6) is 0 Å². The number of nitrogens with one attached hydrogen (secondary N) is 1. The van der Waals surface area contributed by atoms with E-state index in [2.05, 4.69) is 5.32 Å². The van der Waals surface area contributed by atoms with Crippen molar-refractivity contribution < 1.29 is 27.9 Å². The maximum absolute atomic E-state index is 13.4. The van der Waals surface area contributed by atoms with Crippen LogP contribution in [0.15, 0.2) is 35.9 Å². The molecule has 2 amide bonds. The molecule has 2 aliphatic carbocycles. The van der Waals surface area contributed by atoms with E-state index < -0.39 is 30.3 Å². The molecule has 30 heavy (non-hydrogen) atoms. The summed E-state index contributed by atoms with van der Waals surface area (Å²) in [5.41, 5.74) is 2.04. The van der Waals surface area contributed by atoms with Crippen LogP contribution >= 0.6 is 0 Å². The van der Waals surface area contributed by atoms with Gasteiger partial charge in [0.1, 0.15) is 0 Å². The number of hydrogen-bond acceptors (Lipinski definition) is 2. The molecule has 164 valence electrons. The van der Waals surface area contributed by atoms with Crippen molar-refractivity contribution in [2.45, 2.75) is 69.8 Å². The Morgan fingerprint density at radius 3 is 2.33 bits per heavy atom. The van der Waals surface area contributed by atoms with Gasteiger partial charge in [-0.25, -0.2) is 4.79 Å². The zero-order chi connectivity index (χ0) is 21.9. The van der Waals surface area contributed by atoms with Crippen LogP contribution in [-0.4, -0.2) is 46.3 Å². The van der Waals surface area contributed by atoms with Gasteiger partial charge in [0.05, 0.1) is 0 Å². The highest BCUT2D eigenvalue weighted by Gasteiger charge is 2.54. The molecule has 5 nitrogen and oxygen atoms in total. The number of rotatable bonds is 6. The van der Waals surface area contributed by atoms with Gasteiger partial charge in [0, 0.05) is 24.0 Å². The van der Waals surface area contributed by atoms with Crippen molar-refractivity contribution in [1.29, 1.82) is 0 Å². The molecule has 2 fully saturated rings. The second-order valence-corrected chi connectivity index (χ2v) is 8.06. The van der Waals surface area contributed by atoms with Crippen LogP contribution in [0.1, 0.15) is 51.0 Å². The molecule has 1 aromatic carbocycles. The standard InChI is InChI=1S/C22H27F3N2O3/c1-2-15(12-14-6-4-3-5-7-14)18-13-19(18)27(20(28)22(23,24)25)17-10-8-16(9-11-17)26-21(29)30/h3-7,12,16-19,26H,2,8-11,13H2,1H3,(H,29,30)/b15-12+/t16-,17-,18?,19?. The van der Waals surface area contributed by atoms with Crippen LogP contribution in [0.4, 0.5) is 18.0 Å². The van der Waals surface area contributed by atoms with Gasteiger partial charge in [0.25, 0.3) is 0 Å². The van der Waals surface area contributed by atoms with E-state index in [4.69, 9.17) is 5.11 Å². The minimum absolute atomic E-state index is 0.0728. The number of amides is 2. The SMILES string of the molecule is CC/C(=C\c1ccccc1)C1CC1N(C(=O)C(F)(F)F)[C@H]1CC[C@H](NC(=O)O)CC1. The monoisotopic (exact) mass is 424 g/mol. The summed E-state index contributed by atoms with van der Waals surface area (Å²) in [6.45, 7) is 1.98. The average Bonchev–Trinajstić information content (AvgIpc) is 3.47. The second-order valence-electron chi connectivity index (χ2n) is 8.06. The molecule has 1 aromatic rings. The van der Waals surface area contributed by atoms with Crippen LogP contribution in [0, 0.1) is 5.92 Å². The first kappa shape index (κ1) is 22.2. The number of nitrogens with zero attached hydrogens (tertiary/aromatic N) is 1. The van der Waals surface area contributed by atoms with E-state index in [0.29, 0.717) is 38.5 Å². The lowest BCUT2D eigenvalue weighted by molar-refractivity contribution is -0.189. The number of halogens is 3. The Labute approximate surface area is 173 Å². The van der Waals surface area contributed by atoms with E-state index in [9.17, 15) is 22.8 Å². The fourth-order valence-electron chi connectivity index (χ4n) is 4.53. The van der Waals surface area contributed by atoms with E-state index in [1.54, 1.807) is 0 Å². The van der Waals surface area contributed by atoms with Gasteiger partial charge in [-0.1, -0.05) is 48.9 Å². The van der Waals surface area contributed by atoms with Crippen molar-refractivity contribution in [1.82, 2.24) is 10.2 Å². The second kappa shape index (κ2) is 9.10. The predicted octanol–water partition coefficient (Wildman–Crippen LogP) is 4.84. The fraction of sp³-hybridized carbons (Fsp3) is 0.545. The molecular weight excluding hydrogens is 397 g/mol. The van der Waals surface area contributed by atoms with Crippen molar-refractivity contribution in [3.8, 4) is 0 Å². The summed E-state index contributed by atoms with van der Waals surface area (Å²) in [7, 11) is 0. The molecule has 0 radical (unpaired) electrons. The first-order chi connectivity index (χ1) is 14.2. The number of carboxylic acid groups (broad SMARTS) is 1. The van der Waals surface area contributed by atoms with Gasteiger partial charge in [-0.15, -0.1) is 0 Å². The minimum Gasteiger partial charge on any atom is -0.465 e. The summed E-state index contributed by atoms with van der Waals surface area (Å²) < 4.78 is 40.1. The largest absolute Gasteiger partial charge is 0.471 e. The summed E-state index contributed by atoms with van der Waals surface area (Å²) in [6.07, 6.45) is -1.23. The maximum atomic E-state index is 13.4. The van der Waals surface area contributed by atoms with Gasteiger partial charge >= 0.3 is 18.2 Å². The molecule has 2 N–H and O–H groups in total. The molecule has 2 saturated carbocycles. The third-order valence-electron chi connectivity index (χ3n) is 6.04. The predicted molar refractivity (Wildman–Crippen MR) is 107 cm³/mol. The summed E-state index contributed by atoms with van der Waals surface area (Å²) in [5, 5.41) is 11.2. The van der Waals surface area contributed by atoms with Crippen molar-refractivity contribution in [3.05, 3.63) is 41.5 Å². The Hall–Kier alpha value is -2.51. The summed E-state index contributed by atoms with van der Waals surface area (Å²) >= 11 is 0. The van der Waals surface area contributed by atoms with Crippen molar-refractivity contribution in [2.75, 3.05) is 0 Å². The normalized spacial score (nSPS) is 26.7. The molecular formula is C22H27F3N2O3. The molecule has 0 aliphatic heterocycles. The van der Waals surface area contributed by atoms with Crippen LogP contribution in [0.25, 0.3) is 6.08 Å². The highest BCUT2D eigenvalue weighted by Crippen LogP contribution is 2.46. The molecule has 0 aromatic heterocycles. The Kier molecular flexibility index (Phi) is 6.73. The number of alkyl halides is 3. The van der Waals surface area contributed by atoms with E-state index in [0.717, 1.165) is 16.0 Å². The van der Waals surface area contributed by atoms with Gasteiger partial charge in [-0.05, 0) is 44.1 Å². The Morgan fingerprint density at radius 1 is 1.17 bits per heavy atom. The lowest BCUT2D eigenvalue weighted by Crippen LogP contribution is -2.51. The summed E-state index contributed by atoms with van der Waals surface area (Å²) in [4.78, 5) is 24.2. The number of carbonyl (C=O) groups excluding carboxylic acids is 1. The lowest BCUT2D eigenvalue weighted by atomic mass is 9.89. The third kappa shape index (κ3) is 5.34. The van der Waals surface area contributed by atoms with Gasteiger partial charge in [-0.3, -0.25) is 4.79 Å². The zero-order valence-electron chi connectivity index (χ0n) is 16.9. The van der Waals surface area contributed by atoms with E-state index in [1.165, 1.54) is 0 Å². The van der Waals surface area contributed by atoms with Gasteiger partial charge < -0.3 is 15.3 Å². The number of benzene rings is 1. The zero-order valence-corrected chi connectivity index (χ0v) is 16.9. The number of hydrogen-bond donors (Lipinski definition) is 2. The molecule has 8 heteroatoms. The van der Waals surface area contributed by atoms with Crippen molar-refractivity contribution in [2.24, 2.45) is 5.92 Å². The number of carbonyl (C=O) groups is 2.